The first-order chi connectivity index (χ1) is 5.22. The highest BCUT2D eigenvalue weighted by Crippen LogP contribution is 2.04. The fourth-order valence-corrected chi connectivity index (χ4v) is 1.11. The Kier molecular flexibility index (Phi) is 5.91. The first-order valence-corrected chi connectivity index (χ1v) is 4.10. The maximum absolute atomic E-state index is 10.2. The summed E-state index contributed by atoms with van der Waals surface area (Å²) in [6.07, 6.45) is 1.79. The van der Waals surface area contributed by atoms with Crippen LogP contribution in [0.15, 0.2) is 11.5 Å². The van der Waals surface area contributed by atoms with Crippen LogP contribution in [0.4, 0.5) is 0 Å². The van der Waals surface area contributed by atoms with E-state index in [2.05, 4.69) is 0 Å². The molecule has 0 radical (unpaired) electrons. The predicted octanol–water partition coefficient (Wildman–Crippen LogP) is 0.794. The molecule has 0 spiro atoms. The summed E-state index contributed by atoms with van der Waals surface area (Å²) >= 11 is 1.29. The Balaban J connectivity index is 3.61. The average molecular weight is 176 g/mol. The molecule has 0 heterocycles. The molecule has 2 N–H and O–H groups in total. The van der Waals surface area contributed by atoms with Gasteiger partial charge in [-0.1, -0.05) is 6.08 Å². The molecule has 0 amide bonds. The van der Waals surface area contributed by atoms with E-state index in [4.69, 9.17) is 5.11 Å². The highest BCUT2D eigenvalue weighted by atomic mass is 32.2. The van der Waals surface area contributed by atoms with Gasteiger partial charge in [-0.05, 0) is 12.3 Å². The minimum atomic E-state index is -1.11. The zero-order valence-corrected chi connectivity index (χ0v) is 6.93. The number of carboxylic acids is 1. The van der Waals surface area contributed by atoms with Crippen LogP contribution in [0.5, 0.6) is 0 Å². The van der Waals surface area contributed by atoms with Crippen molar-refractivity contribution in [3.05, 3.63) is 16.7 Å². The Morgan fingerprint density at radius 2 is 2.55 bits per heavy atom. The smallest absolute Gasteiger partial charge is 0.320 e. The third-order valence-corrected chi connectivity index (χ3v) is 1.93. The van der Waals surface area contributed by atoms with Crippen molar-refractivity contribution in [2.75, 3.05) is 5.75 Å². The number of hydrogen-bond acceptors (Lipinski definition) is 4. The van der Waals surface area contributed by atoms with Gasteiger partial charge in [-0.25, -0.2) is 0 Å². The summed E-state index contributed by atoms with van der Waals surface area (Å²) in [6.45, 7) is 1.83. The van der Waals surface area contributed by atoms with Crippen molar-refractivity contribution >= 4 is 17.7 Å². The number of thioether (sulfide) groups is 1. The van der Waals surface area contributed by atoms with Crippen molar-refractivity contribution in [2.24, 2.45) is 0 Å². The van der Waals surface area contributed by atoms with Gasteiger partial charge in [-0.2, -0.15) is 0 Å². The summed E-state index contributed by atoms with van der Waals surface area (Å²) in [4.78, 5) is 10.2. The van der Waals surface area contributed by atoms with Crippen LogP contribution in [-0.4, -0.2) is 22.9 Å². The summed E-state index contributed by atoms with van der Waals surface area (Å²) in [5.41, 5.74) is 1.46. The molecule has 0 rings (SSSR count). The molecule has 11 heavy (non-hydrogen) atoms. The highest BCUT2D eigenvalue weighted by molar-refractivity contribution is 8.02. The third kappa shape index (κ3) is 4.83. The zero-order valence-electron chi connectivity index (χ0n) is 6.11. The quantitative estimate of drug-likeness (QED) is 0.606. The Morgan fingerprint density at radius 3 is 2.91 bits per heavy atom. The number of aliphatic carboxylic acids is 1. The van der Waals surface area contributed by atoms with Crippen LogP contribution in [0, 0.1) is 5.21 Å². The average Bonchev–Trinajstić information content (AvgIpc) is 1.97. The fourth-order valence-electron chi connectivity index (χ4n) is 0.404. The lowest BCUT2D eigenvalue weighted by Crippen LogP contribution is -2.34. The molecular formula is C6H10NO3S-. The maximum Gasteiger partial charge on any atom is 0.320 e. The second-order valence-electron chi connectivity index (χ2n) is 1.81. The minimum absolute atomic E-state index is 0.253. The molecular weight excluding hydrogens is 166 g/mol. The van der Waals surface area contributed by atoms with E-state index in [9.17, 15) is 10.0 Å². The van der Waals surface area contributed by atoms with E-state index in [1.54, 1.807) is 11.5 Å². The molecule has 0 aliphatic heterocycles. The van der Waals surface area contributed by atoms with Crippen molar-refractivity contribution in [1.29, 1.82) is 0 Å². The number of carboxylic acid groups (broad SMARTS) is 1. The van der Waals surface area contributed by atoms with E-state index in [0.717, 1.165) is 0 Å². The fraction of sp³-hybridized carbons (Fsp3) is 0.500. The molecule has 0 aliphatic rings. The molecule has 0 saturated carbocycles. The number of hydrogen-bond donors (Lipinski definition) is 2. The number of allylic oxidation sites excluding steroid dienone is 1. The third-order valence-electron chi connectivity index (χ3n) is 0.936. The Hall–Kier alpha value is -0.520. The first-order valence-electron chi connectivity index (χ1n) is 3.05. The largest absolute Gasteiger partial charge is 0.787 e. The molecule has 0 unspecified atom stereocenters. The molecule has 0 aliphatic carbocycles. The van der Waals surface area contributed by atoms with E-state index in [0.29, 0.717) is 0 Å². The molecule has 4 nitrogen and oxygen atoms in total. The molecule has 0 aromatic carbocycles. The van der Waals surface area contributed by atoms with E-state index in [-0.39, 0.29) is 5.75 Å². The van der Waals surface area contributed by atoms with Gasteiger partial charge in [0.2, 0.25) is 0 Å². The van der Waals surface area contributed by atoms with Gasteiger partial charge >= 0.3 is 5.97 Å². The maximum atomic E-state index is 10.2. The van der Waals surface area contributed by atoms with Crippen LogP contribution in [0.3, 0.4) is 0 Å². The summed E-state index contributed by atoms with van der Waals surface area (Å²) in [7, 11) is 0. The van der Waals surface area contributed by atoms with E-state index >= 15 is 0 Å². The van der Waals surface area contributed by atoms with Crippen LogP contribution >= 0.6 is 11.8 Å². The monoisotopic (exact) mass is 176 g/mol. The summed E-state index contributed by atoms with van der Waals surface area (Å²) < 4.78 is 0. The lowest BCUT2D eigenvalue weighted by Gasteiger charge is -2.15. The van der Waals surface area contributed by atoms with Crippen LogP contribution < -0.4 is 5.48 Å². The lowest BCUT2D eigenvalue weighted by molar-refractivity contribution is -0.138. The number of carbonyl (C=O) groups is 1. The van der Waals surface area contributed by atoms with Crippen molar-refractivity contribution in [1.82, 2.24) is 5.48 Å². The van der Waals surface area contributed by atoms with Gasteiger partial charge in [-0.15, -0.1) is 11.8 Å². The van der Waals surface area contributed by atoms with Gasteiger partial charge in [0.05, 0.1) is 0 Å². The molecule has 0 fully saturated rings. The summed E-state index contributed by atoms with van der Waals surface area (Å²) in [5, 5.41) is 20.1. The summed E-state index contributed by atoms with van der Waals surface area (Å²) in [6, 6.07) is -1.00. The van der Waals surface area contributed by atoms with Gasteiger partial charge < -0.3 is 15.8 Å². The van der Waals surface area contributed by atoms with Gasteiger partial charge in [0.1, 0.15) is 6.04 Å². The van der Waals surface area contributed by atoms with E-state index in [1.165, 1.54) is 17.2 Å². The van der Waals surface area contributed by atoms with Crippen molar-refractivity contribution in [3.63, 3.8) is 0 Å². The molecule has 0 aromatic rings. The Labute approximate surface area is 69.3 Å². The summed E-state index contributed by atoms with van der Waals surface area (Å²) in [5.74, 6) is -0.861. The van der Waals surface area contributed by atoms with E-state index < -0.39 is 12.0 Å². The van der Waals surface area contributed by atoms with Gasteiger partial charge in [0.15, 0.2) is 0 Å². The molecule has 0 aromatic heterocycles. The van der Waals surface area contributed by atoms with Gasteiger partial charge in [0.25, 0.3) is 0 Å². The highest BCUT2D eigenvalue weighted by Gasteiger charge is 2.10. The number of rotatable bonds is 5. The number of hydroxylamine groups is 1. The zero-order chi connectivity index (χ0) is 8.69. The second kappa shape index (κ2) is 6.21. The van der Waals surface area contributed by atoms with Gasteiger partial charge in [-0.3, -0.25) is 4.79 Å². The lowest BCUT2D eigenvalue weighted by atomic mass is 10.4. The Morgan fingerprint density at radius 1 is 1.91 bits per heavy atom. The minimum Gasteiger partial charge on any atom is -0.787 e. The SMILES string of the molecule is CC=CSC[C@H](N[O-])C(=O)O. The normalized spacial score (nSPS) is 13.6. The van der Waals surface area contributed by atoms with E-state index in [1.807, 2.05) is 6.92 Å². The first kappa shape index (κ1) is 10.5. The van der Waals surface area contributed by atoms with Crippen molar-refractivity contribution in [2.45, 2.75) is 13.0 Å². The number of nitrogens with one attached hydrogen (secondary N) is 1. The standard InChI is InChI=1S/C6H10NO3S/c1-2-3-11-4-5(7-10)6(8)9/h2-3,5,7H,4H2,1H3,(H,8,9)/q-1/t5-/m0/s1. The second-order valence-corrected chi connectivity index (χ2v) is 2.75. The molecule has 5 heteroatoms. The molecule has 0 bridgehead atoms. The molecule has 64 valence electrons. The predicted molar refractivity (Wildman–Crippen MR) is 45.2 cm³/mol. The molecule has 1 atom stereocenters. The van der Waals surface area contributed by atoms with Crippen molar-refractivity contribution < 1.29 is 9.90 Å². The van der Waals surface area contributed by atoms with Gasteiger partial charge in [0, 0.05) is 5.75 Å². The molecule has 0 saturated heterocycles. The topological polar surface area (TPSA) is 72.4 Å². The van der Waals surface area contributed by atoms with Crippen LogP contribution in [0.1, 0.15) is 6.92 Å². The van der Waals surface area contributed by atoms with Crippen LogP contribution in [-0.2, 0) is 4.79 Å². The van der Waals surface area contributed by atoms with Crippen LogP contribution in [0.25, 0.3) is 0 Å². The Bertz CT molecular complexity index is 149. The van der Waals surface area contributed by atoms with Crippen LogP contribution in [0.2, 0.25) is 0 Å². The van der Waals surface area contributed by atoms with Crippen molar-refractivity contribution in [3.8, 4) is 0 Å².